The van der Waals surface area contributed by atoms with Crippen LogP contribution in [0, 0.1) is 13.8 Å². The number of nitrogens with zero attached hydrogens (tertiary/aromatic N) is 3. The molecule has 0 saturated carbocycles. The maximum absolute atomic E-state index is 5.98. The summed E-state index contributed by atoms with van der Waals surface area (Å²) in [4.78, 5) is 10.7. The molecular formula is C17H23N5. The lowest BCUT2D eigenvalue weighted by Gasteiger charge is -2.14. The molecule has 0 bridgehead atoms. The van der Waals surface area contributed by atoms with Crippen molar-refractivity contribution in [2.75, 3.05) is 24.3 Å². The van der Waals surface area contributed by atoms with Crippen molar-refractivity contribution in [1.82, 2.24) is 4.98 Å². The van der Waals surface area contributed by atoms with Gasteiger partial charge in [-0.15, -0.1) is 0 Å². The fraction of sp³-hybridized carbons (Fsp3) is 0.294. The van der Waals surface area contributed by atoms with Crippen LogP contribution in [0.15, 0.2) is 41.5 Å². The normalized spacial score (nSPS) is 11.4. The van der Waals surface area contributed by atoms with Gasteiger partial charge in [-0.2, -0.15) is 0 Å². The Labute approximate surface area is 131 Å². The molecule has 0 saturated heterocycles. The first-order valence-corrected chi connectivity index (χ1v) is 7.22. The number of anilines is 2. The molecule has 0 aliphatic rings. The number of aliphatic imine (C=N–C) groups is 1. The first kappa shape index (κ1) is 15.8. The van der Waals surface area contributed by atoms with Crippen molar-refractivity contribution in [3.63, 3.8) is 0 Å². The highest BCUT2D eigenvalue weighted by atomic mass is 15.1. The van der Waals surface area contributed by atoms with Crippen LogP contribution in [0.2, 0.25) is 0 Å². The summed E-state index contributed by atoms with van der Waals surface area (Å²) < 4.78 is 0. The number of benzene rings is 1. The van der Waals surface area contributed by atoms with E-state index in [-0.39, 0.29) is 0 Å². The highest BCUT2D eigenvalue weighted by Gasteiger charge is 2.05. The lowest BCUT2D eigenvalue weighted by atomic mass is 10.1. The summed E-state index contributed by atoms with van der Waals surface area (Å²) in [6.45, 7) is 4.61. The van der Waals surface area contributed by atoms with Crippen molar-refractivity contribution in [2.45, 2.75) is 20.4 Å². The molecule has 5 heteroatoms. The second-order valence-corrected chi connectivity index (χ2v) is 5.58. The van der Waals surface area contributed by atoms with Crippen molar-refractivity contribution < 1.29 is 0 Å². The second-order valence-electron chi connectivity index (χ2n) is 5.58. The van der Waals surface area contributed by atoms with E-state index in [4.69, 9.17) is 5.73 Å². The minimum Gasteiger partial charge on any atom is -0.370 e. The van der Waals surface area contributed by atoms with E-state index in [9.17, 15) is 0 Å². The van der Waals surface area contributed by atoms with Crippen molar-refractivity contribution in [3.8, 4) is 0 Å². The van der Waals surface area contributed by atoms with Gasteiger partial charge in [0, 0.05) is 31.5 Å². The molecule has 0 atom stereocenters. The van der Waals surface area contributed by atoms with Crippen LogP contribution < -0.4 is 16.0 Å². The minimum absolute atomic E-state index is 0.401. The third-order valence-electron chi connectivity index (χ3n) is 3.20. The molecule has 1 aromatic carbocycles. The van der Waals surface area contributed by atoms with Crippen molar-refractivity contribution in [1.29, 1.82) is 0 Å². The molecule has 2 rings (SSSR count). The zero-order chi connectivity index (χ0) is 16.1. The molecule has 2 aromatic rings. The second kappa shape index (κ2) is 6.93. The van der Waals surface area contributed by atoms with Gasteiger partial charge in [0.1, 0.15) is 5.82 Å². The summed E-state index contributed by atoms with van der Waals surface area (Å²) in [5, 5.41) is 3.14. The van der Waals surface area contributed by atoms with Gasteiger partial charge >= 0.3 is 0 Å². The summed E-state index contributed by atoms with van der Waals surface area (Å²) in [7, 11) is 3.93. The monoisotopic (exact) mass is 297 g/mol. The Kier molecular flexibility index (Phi) is 4.99. The number of guanidine groups is 1. The van der Waals surface area contributed by atoms with E-state index in [1.807, 2.05) is 43.3 Å². The Balaban J connectivity index is 2.10. The highest BCUT2D eigenvalue weighted by molar-refractivity contribution is 5.92. The summed E-state index contributed by atoms with van der Waals surface area (Å²) in [6, 6.07) is 10.1. The lowest BCUT2D eigenvalue weighted by molar-refractivity contribution is 0.983. The Bertz CT molecular complexity index is 656. The third kappa shape index (κ3) is 4.22. The van der Waals surface area contributed by atoms with Crippen LogP contribution in [0.4, 0.5) is 11.5 Å². The molecule has 0 spiro atoms. The fourth-order valence-corrected chi connectivity index (χ4v) is 2.36. The van der Waals surface area contributed by atoms with E-state index in [1.54, 1.807) is 6.20 Å². The van der Waals surface area contributed by atoms with E-state index in [0.717, 1.165) is 17.1 Å². The van der Waals surface area contributed by atoms with Crippen LogP contribution >= 0.6 is 0 Å². The number of nitrogens with two attached hydrogens (primary N) is 1. The van der Waals surface area contributed by atoms with Gasteiger partial charge in [-0.25, -0.2) is 9.98 Å². The van der Waals surface area contributed by atoms with E-state index in [2.05, 4.69) is 35.2 Å². The maximum Gasteiger partial charge on any atom is 0.193 e. The number of pyridine rings is 1. The van der Waals surface area contributed by atoms with Crippen molar-refractivity contribution in [3.05, 3.63) is 53.2 Å². The standard InChI is InChI=1S/C17H23N5/c1-12-8-13(2)10-15(9-12)21-17(18)20-11-14-6-5-7-19-16(14)22(3)4/h5-10H,11H2,1-4H3,(H3,18,20,21). The van der Waals surface area contributed by atoms with Gasteiger partial charge in [0.05, 0.1) is 6.54 Å². The van der Waals surface area contributed by atoms with E-state index < -0.39 is 0 Å². The molecule has 0 amide bonds. The molecule has 0 unspecified atom stereocenters. The van der Waals surface area contributed by atoms with Gasteiger partial charge in [0.2, 0.25) is 0 Å². The average molecular weight is 297 g/mol. The lowest BCUT2D eigenvalue weighted by Crippen LogP contribution is -2.23. The summed E-state index contributed by atoms with van der Waals surface area (Å²) >= 11 is 0. The van der Waals surface area contributed by atoms with Crippen LogP contribution in [0.25, 0.3) is 0 Å². The molecule has 0 fully saturated rings. The molecule has 0 radical (unpaired) electrons. The summed E-state index contributed by atoms with van der Waals surface area (Å²) in [6.07, 6.45) is 1.78. The van der Waals surface area contributed by atoms with Gasteiger partial charge in [-0.05, 0) is 43.2 Å². The predicted octanol–water partition coefficient (Wildman–Crippen LogP) is 2.69. The number of nitrogens with one attached hydrogen (secondary N) is 1. The Morgan fingerprint density at radius 1 is 1.23 bits per heavy atom. The van der Waals surface area contributed by atoms with Crippen LogP contribution in [-0.4, -0.2) is 25.0 Å². The van der Waals surface area contributed by atoms with Crippen molar-refractivity contribution >= 4 is 17.5 Å². The molecule has 5 nitrogen and oxygen atoms in total. The largest absolute Gasteiger partial charge is 0.370 e. The van der Waals surface area contributed by atoms with Crippen LogP contribution in [0.5, 0.6) is 0 Å². The van der Waals surface area contributed by atoms with Gasteiger partial charge in [-0.3, -0.25) is 0 Å². The first-order valence-electron chi connectivity index (χ1n) is 7.22. The maximum atomic E-state index is 5.98. The molecule has 0 aliphatic heterocycles. The third-order valence-corrected chi connectivity index (χ3v) is 3.20. The van der Waals surface area contributed by atoms with E-state index >= 15 is 0 Å². The predicted molar refractivity (Wildman–Crippen MR) is 93.4 cm³/mol. The fourth-order valence-electron chi connectivity index (χ4n) is 2.36. The summed E-state index contributed by atoms with van der Waals surface area (Å²) in [5.74, 6) is 1.31. The molecule has 116 valence electrons. The van der Waals surface area contributed by atoms with Gasteiger partial charge in [-0.1, -0.05) is 12.1 Å². The SMILES string of the molecule is Cc1cc(C)cc(NC(N)=NCc2cccnc2N(C)C)c1. The number of hydrogen-bond donors (Lipinski definition) is 2. The zero-order valence-corrected chi connectivity index (χ0v) is 13.6. The molecule has 3 N–H and O–H groups in total. The topological polar surface area (TPSA) is 66.5 Å². The van der Waals surface area contributed by atoms with E-state index in [1.165, 1.54) is 11.1 Å². The molecule has 22 heavy (non-hydrogen) atoms. The number of rotatable bonds is 4. The number of hydrogen-bond acceptors (Lipinski definition) is 3. The first-order chi connectivity index (χ1) is 10.5. The van der Waals surface area contributed by atoms with E-state index in [0.29, 0.717) is 12.5 Å². The smallest absolute Gasteiger partial charge is 0.193 e. The Hall–Kier alpha value is -2.56. The molecule has 1 aromatic heterocycles. The van der Waals surface area contributed by atoms with Gasteiger partial charge in [0.15, 0.2) is 5.96 Å². The van der Waals surface area contributed by atoms with Crippen LogP contribution in [0.1, 0.15) is 16.7 Å². The Morgan fingerprint density at radius 3 is 2.55 bits per heavy atom. The molecular weight excluding hydrogens is 274 g/mol. The molecule has 0 aliphatic carbocycles. The number of aromatic nitrogens is 1. The summed E-state index contributed by atoms with van der Waals surface area (Å²) in [5.41, 5.74) is 10.4. The molecule has 1 heterocycles. The average Bonchev–Trinajstić information content (AvgIpc) is 2.44. The van der Waals surface area contributed by atoms with Crippen LogP contribution in [-0.2, 0) is 6.54 Å². The number of aryl methyl sites for hydroxylation is 2. The Morgan fingerprint density at radius 2 is 1.91 bits per heavy atom. The van der Waals surface area contributed by atoms with Crippen molar-refractivity contribution in [2.24, 2.45) is 10.7 Å². The highest BCUT2D eigenvalue weighted by Crippen LogP contribution is 2.16. The zero-order valence-electron chi connectivity index (χ0n) is 13.6. The van der Waals surface area contributed by atoms with Gasteiger partial charge < -0.3 is 16.0 Å². The minimum atomic E-state index is 0.401. The van der Waals surface area contributed by atoms with Crippen LogP contribution in [0.3, 0.4) is 0 Å². The quantitative estimate of drug-likeness (QED) is 0.672. The van der Waals surface area contributed by atoms with Gasteiger partial charge in [0.25, 0.3) is 0 Å².